The molecule has 0 aliphatic heterocycles. The summed E-state index contributed by atoms with van der Waals surface area (Å²) in [6, 6.07) is 13.9. The number of benzene rings is 3. The number of imidazole rings is 1. The fourth-order valence-electron chi connectivity index (χ4n) is 3.64. The maximum Gasteiger partial charge on any atom is 0.318 e. The van der Waals surface area contributed by atoms with Crippen LogP contribution in [0, 0.1) is 23.8 Å². The molecule has 13 heteroatoms. The van der Waals surface area contributed by atoms with E-state index in [0.717, 1.165) is 23.2 Å². The van der Waals surface area contributed by atoms with E-state index in [2.05, 4.69) is 4.98 Å². The van der Waals surface area contributed by atoms with E-state index in [-0.39, 0.29) is 22.8 Å². The molecule has 2 aromatic heterocycles. The van der Waals surface area contributed by atoms with E-state index in [1.54, 1.807) is 22.6 Å². The van der Waals surface area contributed by atoms with Crippen LogP contribution in [0.25, 0.3) is 22.1 Å². The Morgan fingerprint density at radius 1 is 1.06 bits per heavy atom. The molecule has 180 valence electrons. The highest BCUT2D eigenvalue weighted by Crippen LogP contribution is 2.41. The third kappa shape index (κ3) is 4.11. The molecule has 0 radical (unpaired) electrons. The van der Waals surface area contributed by atoms with Gasteiger partial charge in [-0.1, -0.05) is 23.5 Å². The molecule has 0 bridgehead atoms. The van der Waals surface area contributed by atoms with E-state index in [1.807, 2.05) is 46.9 Å². The van der Waals surface area contributed by atoms with Gasteiger partial charge in [0.05, 0.1) is 42.2 Å². The van der Waals surface area contributed by atoms with Gasteiger partial charge in [-0.25, -0.2) is 9.38 Å². The molecule has 36 heavy (non-hydrogen) atoms. The molecule has 3 aromatic carbocycles. The molecule has 0 unspecified atom stereocenters. The Balaban J connectivity index is 1.57. The van der Waals surface area contributed by atoms with Crippen molar-refractivity contribution < 1.29 is 19.3 Å². The van der Waals surface area contributed by atoms with Crippen molar-refractivity contribution in [2.75, 3.05) is 7.11 Å². The van der Waals surface area contributed by atoms with Gasteiger partial charge < -0.3 is 9.47 Å². The van der Waals surface area contributed by atoms with Crippen molar-refractivity contribution in [3.63, 3.8) is 0 Å². The highest BCUT2D eigenvalue weighted by atomic mass is 127. The third-order valence-corrected chi connectivity index (χ3v) is 7.03. The quantitative estimate of drug-likeness (QED) is 0.152. The number of rotatable bonds is 6. The number of non-ortho nitro benzene ring substituents is 1. The van der Waals surface area contributed by atoms with Crippen LogP contribution in [0.4, 0.5) is 11.4 Å². The summed E-state index contributed by atoms with van der Waals surface area (Å²) < 4.78 is 13.8. The second-order valence-corrected chi connectivity index (χ2v) is 9.61. The number of hydrogen-bond acceptors (Lipinski definition) is 9. The molecular formula is C23H13IN4O7S. The van der Waals surface area contributed by atoms with Gasteiger partial charge in [0, 0.05) is 6.07 Å². The summed E-state index contributed by atoms with van der Waals surface area (Å²) in [5, 5.41) is 22.5. The largest absolute Gasteiger partial charge is 0.493 e. The first-order valence-corrected chi connectivity index (χ1v) is 12.1. The van der Waals surface area contributed by atoms with Gasteiger partial charge in [-0.05, 0) is 64.6 Å². The number of nitro benzene ring substituents is 2. The van der Waals surface area contributed by atoms with Crippen molar-refractivity contribution in [1.29, 1.82) is 0 Å². The summed E-state index contributed by atoms with van der Waals surface area (Å²) in [5.41, 5.74) is 0.943. The van der Waals surface area contributed by atoms with E-state index < -0.39 is 21.2 Å². The number of ether oxygens (including phenoxy) is 2. The van der Waals surface area contributed by atoms with Crippen LogP contribution >= 0.6 is 33.9 Å². The molecule has 0 N–H and O–H groups in total. The highest BCUT2D eigenvalue weighted by molar-refractivity contribution is 14.1. The smallest absolute Gasteiger partial charge is 0.318 e. The predicted octanol–water partition coefficient (Wildman–Crippen LogP) is 4.68. The lowest BCUT2D eigenvalue weighted by atomic mass is 10.2. The van der Waals surface area contributed by atoms with E-state index in [1.165, 1.54) is 24.5 Å². The molecule has 5 aromatic rings. The standard InChI is InChI=1S/C23H13IN4O7S/c1-34-19-9-12(10-20-22(29)26-16-5-3-2-4-15(16)25-23(26)36-20)8-14(24)21(19)35-18-7-6-13(27(30)31)11-17(18)28(32)33/h2-11H,1H3/b20-10+. The average molecular weight is 616 g/mol. The highest BCUT2D eigenvalue weighted by Gasteiger charge is 2.23. The summed E-state index contributed by atoms with van der Waals surface area (Å²) in [7, 11) is 1.41. The van der Waals surface area contributed by atoms with Gasteiger partial charge in [-0.3, -0.25) is 25.0 Å². The molecule has 0 saturated carbocycles. The van der Waals surface area contributed by atoms with Crippen molar-refractivity contribution in [2.45, 2.75) is 0 Å². The Kier molecular flexibility index (Phi) is 6.01. The first kappa shape index (κ1) is 23.6. The number of halogens is 1. The zero-order valence-corrected chi connectivity index (χ0v) is 21.2. The van der Waals surface area contributed by atoms with Crippen molar-refractivity contribution in [3.05, 3.63) is 98.8 Å². The molecule has 0 aliphatic rings. The number of aromatic nitrogens is 2. The number of nitro groups is 2. The first-order valence-electron chi connectivity index (χ1n) is 10.2. The molecule has 0 amide bonds. The van der Waals surface area contributed by atoms with Crippen molar-refractivity contribution >= 4 is 67.4 Å². The minimum atomic E-state index is -0.754. The van der Waals surface area contributed by atoms with E-state index in [4.69, 9.17) is 9.47 Å². The second-order valence-electron chi connectivity index (χ2n) is 7.44. The molecule has 0 atom stereocenters. The SMILES string of the molecule is COc1cc(/C=c2/sc3nc4ccccc4n3c2=O)cc(I)c1Oc1ccc([N+](=O)[O-])cc1[N+](=O)[O-]. The van der Waals surface area contributed by atoms with Crippen LogP contribution in [0.2, 0.25) is 0 Å². The van der Waals surface area contributed by atoms with Crippen molar-refractivity contribution in [1.82, 2.24) is 9.38 Å². The lowest BCUT2D eigenvalue weighted by molar-refractivity contribution is -0.394. The number of thiazole rings is 1. The maximum absolute atomic E-state index is 13.1. The van der Waals surface area contributed by atoms with Crippen LogP contribution in [0.1, 0.15) is 5.56 Å². The van der Waals surface area contributed by atoms with E-state index in [0.29, 0.717) is 18.6 Å². The number of methoxy groups -OCH3 is 1. The summed E-state index contributed by atoms with van der Waals surface area (Å²) in [6.07, 6.45) is 1.71. The summed E-state index contributed by atoms with van der Waals surface area (Å²) in [5.74, 6) is 0.285. The van der Waals surface area contributed by atoms with Crippen LogP contribution in [0.3, 0.4) is 0 Å². The Morgan fingerprint density at radius 3 is 2.56 bits per heavy atom. The summed E-state index contributed by atoms with van der Waals surface area (Å²) >= 11 is 3.25. The lowest BCUT2D eigenvalue weighted by Gasteiger charge is -2.13. The Labute approximate surface area is 218 Å². The normalized spacial score (nSPS) is 11.8. The number of fused-ring (bicyclic) bond motifs is 3. The molecule has 0 spiro atoms. The zero-order chi connectivity index (χ0) is 25.6. The zero-order valence-electron chi connectivity index (χ0n) is 18.2. The van der Waals surface area contributed by atoms with Gasteiger partial charge in [-0.2, -0.15) is 0 Å². The number of para-hydroxylation sites is 2. The van der Waals surface area contributed by atoms with E-state index in [9.17, 15) is 25.0 Å². The molecule has 5 rings (SSSR count). The maximum atomic E-state index is 13.1. The molecule has 11 nitrogen and oxygen atoms in total. The Morgan fingerprint density at radius 2 is 1.83 bits per heavy atom. The molecule has 2 heterocycles. The molecule has 0 aliphatic carbocycles. The first-order chi connectivity index (χ1) is 17.3. The minimum Gasteiger partial charge on any atom is -0.493 e. The van der Waals surface area contributed by atoms with E-state index >= 15 is 0 Å². The average Bonchev–Trinajstić information content (AvgIpc) is 3.36. The molecular weight excluding hydrogens is 603 g/mol. The van der Waals surface area contributed by atoms with Crippen LogP contribution in [-0.2, 0) is 0 Å². The lowest BCUT2D eigenvalue weighted by Crippen LogP contribution is -2.22. The van der Waals surface area contributed by atoms with Crippen LogP contribution in [-0.4, -0.2) is 26.3 Å². The fraction of sp³-hybridized carbons (Fsp3) is 0.0435. The summed E-state index contributed by atoms with van der Waals surface area (Å²) in [4.78, 5) is 39.2. The minimum absolute atomic E-state index is 0.174. The van der Waals surface area contributed by atoms with Crippen molar-refractivity contribution in [3.8, 4) is 17.2 Å². The van der Waals surface area contributed by atoms with Gasteiger partial charge in [0.15, 0.2) is 16.5 Å². The predicted molar refractivity (Wildman–Crippen MR) is 141 cm³/mol. The summed E-state index contributed by atoms with van der Waals surface area (Å²) in [6.45, 7) is 0. The molecule has 0 saturated heterocycles. The monoisotopic (exact) mass is 616 g/mol. The number of hydrogen-bond donors (Lipinski definition) is 0. The van der Waals surface area contributed by atoms with Gasteiger partial charge >= 0.3 is 5.69 Å². The van der Waals surface area contributed by atoms with Gasteiger partial charge in [0.25, 0.3) is 11.2 Å². The van der Waals surface area contributed by atoms with Gasteiger partial charge in [0.2, 0.25) is 5.75 Å². The Hall–Kier alpha value is -4.11. The van der Waals surface area contributed by atoms with Crippen LogP contribution in [0.15, 0.2) is 59.4 Å². The van der Waals surface area contributed by atoms with Gasteiger partial charge in [0.1, 0.15) is 0 Å². The number of nitrogens with zero attached hydrogens (tertiary/aromatic N) is 4. The van der Waals surface area contributed by atoms with Gasteiger partial charge in [-0.15, -0.1) is 0 Å². The second kappa shape index (κ2) is 9.16. The molecule has 0 fully saturated rings. The van der Waals surface area contributed by atoms with Crippen LogP contribution in [0.5, 0.6) is 17.2 Å². The fourth-order valence-corrected chi connectivity index (χ4v) is 5.37. The topological polar surface area (TPSA) is 139 Å². The Bertz CT molecular complexity index is 1820. The van der Waals surface area contributed by atoms with Crippen LogP contribution < -0.4 is 19.6 Å². The third-order valence-electron chi connectivity index (χ3n) is 5.26. The van der Waals surface area contributed by atoms with Crippen molar-refractivity contribution in [2.24, 2.45) is 0 Å².